The van der Waals surface area contributed by atoms with E-state index >= 15 is 0 Å². The summed E-state index contributed by atoms with van der Waals surface area (Å²) in [4.78, 5) is 0. The van der Waals surface area contributed by atoms with Gasteiger partial charge in [0.25, 0.3) is 0 Å². The van der Waals surface area contributed by atoms with Crippen LogP contribution in [0.5, 0.6) is 0 Å². The highest BCUT2D eigenvalue weighted by Gasteiger charge is 2.23. The topological polar surface area (TPSA) is 0 Å². The molecule has 9 rings (SSSR count). The molecule has 0 aliphatic heterocycles. The van der Waals surface area contributed by atoms with Crippen LogP contribution in [-0.2, 0) is 0 Å². The van der Waals surface area contributed by atoms with E-state index in [4.69, 9.17) is 0 Å². The number of rotatable bonds is 8. The maximum Gasteiger partial charge on any atom is -0.00201 e. The van der Waals surface area contributed by atoms with Gasteiger partial charge in [-0.05, 0) is 112 Å². The smallest absolute Gasteiger partial charge is 0.00201 e. The molecule has 0 unspecified atom stereocenters. The van der Waals surface area contributed by atoms with E-state index < -0.39 is 0 Å². The second-order valence-electron chi connectivity index (χ2n) is 13.7. The largest absolute Gasteiger partial charge is 0.0984 e. The van der Waals surface area contributed by atoms with Gasteiger partial charge < -0.3 is 0 Å². The van der Waals surface area contributed by atoms with Crippen LogP contribution in [0, 0.1) is 0 Å². The second kappa shape index (κ2) is 14.2. The lowest BCUT2D eigenvalue weighted by atomic mass is 9.80. The lowest BCUT2D eigenvalue weighted by Crippen LogP contribution is -1.98. The molecular formula is C54H38. The average Bonchev–Trinajstić information content (AvgIpc) is 3.25. The van der Waals surface area contributed by atoms with Crippen molar-refractivity contribution in [3.63, 3.8) is 0 Å². The van der Waals surface area contributed by atoms with Crippen molar-refractivity contribution in [2.75, 3.05) is 0 Å². The summed E-state index contributed by atoms with van der Waals surface area (Å²) in [7, 11) is 0. The van der Waals surface area contributed by atoms with Gasteiger partial charge in [0.15, 0.2) is 0 Å². The average molecular weight is 687 g/mol. The number of benzene rings is 9. The summed E-state index contributed by atoms with van der Waals surface area (Å²) < 4.78 is 0. The molecule has 0 aliphatic carbocycles. The first-order valence-electron chi connectivity index (χ1n) is 18.5. The SMILES string of the molecule is C=Cc1c(-c2ccc3cc4ccccc4cc3c2-c2ccc(-c3ccccc3)c(-c3ccccc3)c2C=C)ccc(-c2ccccc2)c1-c1ccccc1. The molecule has 0 fully saturated rings. The molecule has 0 heterocycles. The minimum atomic E-state index is 1.10. The zero-order chi connectivity index (χ0) is 36.4. The molecule has 0 N–H and O–H groups in total. The van der Waals surface area contributed by atoms with E-state index in [9.17, 15) is 0 Å². The van der Waals surface area contributed by atoms with E-state index in [1.54, 1.807) is 0 Å². The van der Waals surface area contributed by atoms with Crippen molar-refractivity contribution >= 4 is 33.7 Å². The summed E-state index contributed by atoms with van der Waals surface area (Å²) in [6, 6.07) is 69.9. The van der Waals surface area contributed by atoms with Crippen LogP contribution in [0.15, 0.2) is 207 Å². The summed E-state index contributed by atoms with van der Waals surface area (Å²) in [6.07, 6.45) is 4.09. The Kier molecular flexibility index (Phi) is 8.63. The highest BCUT2D eigenvalue weighted by molar-refractivity contribution is 6.13. The first-order chi connectivity index (χ1) is 26.7. The third kappa shape index (κ3) is 5.75. The minimum Gasteiger partial charge on any atom is -0.0984 e. The molecule has 0 aliphatic rings. The monoisotopic (exact) mass is 686 g/mol. The van der Waals surface area contributed by atoms with E-state index in [2.05, 4.69) is 213 Å². The van der Waals surface area contributed by atoms with Gasteiger partial charge >= 0.3 is 0 Å². The quantitative estimate of drug-likeness (QED) is 0.140. The van der Waals surface area contributed by atoms with Crippen molar-refractivity contribution in [1.29, 1.82) is 0 Å². The fourth-order valence-corrected chi connectivity index (χ4v) is 8.19. The van der Waals surface area contributed by atoms with Gasteiger partial charge in [0.2, 0.25) is 0 Å². The van der Waals surface area contributed by atoms with E-state index in [1.807, 2.05) is 6.08 Å². The van der Waals surface area contributed by atoms with Crippen LogP contribution in [0.1, 0.15) is 11.1 Å². The first kappa shape index (κ1) is 32.9. The molecule has 254 valence electrons. The van der Waals surface area contributed by atoms with Crippen LogP contribution < -0.4 is 0 Å². The van der Waals surface area contributed by atoms with Gasteiger partial charge in [-0.2, -0.15) is 0 Å². The van der Waals surface area contributed by atoms with E-state index in [0.717, 1.165) is 38.9 Å². The molecule has 0 atom stereocenters. The van der Waals surface area contributed by atoms with Crippen molar-refractivity contribution < 1.29 is 0 Å². The first-order valence-corrected chi connectivity index (χ1v) is 18.5. The van der Waals surface area contributed by atoms with Crippen LogP contribution in [0.2, 0.25) is 0 Å². The normalized spacial score (nSPS) is 11.1. The van der Waals surface area contributed by atoms with Gasteiger partial charge in [-0.15, -0.1) is 0 Å². The maximum absolute atomic E-state index is 4.49. The summed E-state index contributed by atoms with van der Waals surface area (Å²) in [5.41, 5.74) is 16.2. The molecule has 0 amide bonds. The van der Waals surface area contributed by atoms with E-state index in [1.165, 1.54) is 60.5 Å². The molecule has 9 aromatic rings. The Morgan fingerprint density at radius 1 is 0.278 bits per heavy atom. The van der Waals surface area contributed by atoms with Crippen molar-refractivity contribution in [2.45, 2.75) is 0 Å². The number of hydrogen-bond acceptors (Lipinski definition) is 0. The van der Waals surface area contributed by atoms with Crippen LogP contribution in [-0.4, -0.2) is 0 Å². The number of hydrogen-bond donors (Lipinski definition) is 0. The predicted molar refractivity (Wildman–Crippen MR) is 234 cm³/mol. The zero-order valence-corrected chi connectivity index (χ0v) is 30.0. The van der Waals surface area contributed by atoms with Crippen LogP contribution in [0.25, 0.3) is 100 Å². The fourth-order valence-electron chi connectivity index (χ4n) is 8.19. The van der Waals surface area contributed by atoms with Gasteiger partial charge in [-0.1, -0.05) is 207 Å². The molecule has 0 saturated heterocycles. The van der Waals surface area contributed by atoms with Crippen molar-refractivity contribution in [1.82, 2.24) is 0 Å². The predicted octanol–water partition coefficient (Wildman–Crippen LogP) is 15.3. The Hall–Kier alpha value is -7.02. The lowest BCUT2D eigenvalue weighted by molar-refractivity contribution is 1.53. The van der Waals surface area contributed by atoms with Gasteiger partial charge in [0.05, 0.1) is 0 Å². The highest BCUT2D eigenvalue weighted by atomic mass is 14.3. The molecule has 0 radical (unpaired) electrons. The minimum absolute atomic E-state index is 1.10. The molecule has 0 aromatic heterocycles. The van der Waals surface area contributed by atoms with Gasteiger partial charge in [-0.25, -0.2) is 0 Å². The Morgan fingerprint density at radius 2 is 0.667 bits per heavy atom. The number of fused-ring (bicyclic) bond motifs is 2. The molecule has 0 saturated carbocycles. The fraction of sp³-hybridized carbons (Fsp3) is 0. The van der Waals surface area contributed by atoms with Crippen LogP contribution in [0.3, 0.4) is 0 Å². The molecule has 0 heteroatoms. The zero-order valence-electron chi connectivity index (χ0n) is 30.0. The molecule has 54 heavy (non-hydrogen) atoms. The maximum atomic E-state index is 4.49. The van der Waals surface area contributed by atoms with Gasteiger partial charge in [-0.3, -0.25) is 0 Å². The Labute approximate surface area is 317 Å². The Morgan fingerprint density at radius 3 is 1.17 bits per heavy atom. The van der Waals surface area contributed by atoms with Crippen LogP contribution in [0.4, 0.5) is 0 Å². The summed E-state index contributed by atoms with van der Waals surface area (Å²) >= 11 is 0. The summed E-state index contributed by atoms with van der Waals surface area (Å²) in [5.74, 6) is 0. The van der Waals surface area contributed by atoms with Crippen molar-refractivity contribution in [3.8, 4) is 66.8 Å². The third-order valence-corrected chi connectivity index (χ3v) is 10.6. The summed E-state index contributed by atoms with van der Waals surface area (Å²) in [5, 5.41) is 4.83. The van der Waals surface area contributed by atoms with Gasteiger partial charge in [0, 0.05) is 0 Å². The molecule has 9 aromatic carbocycles. The Bertz CT molecular complexity index is 2810. The standard InChI is InChI=1S/C54H38/c1-3-44-48(33-31-46(37-19-9-5-10-20-37)52(44)39-23-13-7-14-24-39)50-30-29-43-35-41-27-17-18-28-42(41)36-51(43)54(50)49-34-32-47(38-21-11-6-12-22-38)53(45(49)4-2)40-25-15-8-16-26-40/h3-36H,1-2H2. The molecular weight excluding hydrogens is 649 g/mol. The molecule has 0 nitrogen and oxygen atoms in total. The summed E-state index contributed by atoms with van der Waals surface area (Å²) in [6.45, 7) is 8.95. The Balaban J connectivity index is 1.42. The molecule has 0 bridgehead atoms. The van der Waals surface area contributed by atoms with E-state index in [-0.39, 0.29) is 0 Å². The van der Waals surface area contributed by atoms with Crippen LogP contribution >= 0.6 is 0 Å². The van der Waals surface area contributed by atoms with E-state index in [0.29, 0.717) is 0 Å². The van der Waals surface area contributed by atoms with Crippen molar-refractivity contribution in [3.05, 3.63) is 218 Å². The molecule has 0 spiro atoms. The van der Waals surface area contributed by atoms with Crippen molar-refractivity contribution in [2.24, 2.45) is 0 Å². The lowest BCUT2D eigenvalue weighted by Gasteiger charge is -2.23. The van der Waals surface area contributed by atoms with Gasteiger partial charge in [0.1, 0.15) is 0 Å². The third-order valence-electron chi connectivity index (χ3n) is 10.6. The second-order valence-corrected chi connectivity index (χ2v) is 13.7. The highest BCUT2D eigenvalue weighted by Crippen LogP contribution is 2.49.